The van der Waals surface area contributed by atoms with E-state index < -0.39 is 0 Å². The maximum Gasteiger partial charge on any atom is 0.276 e. The fraction of sp³-hybridized carbons (Fsp3) is 0.667. The van der Waals surface area contributed by atoms with Gasteiger partial charge in [0.1, 0.15) is 0 Å². The Bertz CT molecular complexity index is 433. The van der Waals surface area contributed by atoms with Gasteiger partial charge in [-0.05, 0) is 20.3 Å². The Morgan fingerprint density at radius 3 is 2.61 bits per heavy atom. The van der Waals surface area contributed by atoms with Crippen molar-refractivity contribution in [1.29, 1.82) is 0 Å². The van der Waals surface area contributed by atoms with E-state index in [0.717, 1.165) is 12.1 Å². The molecular formula is C12H20N4O2. The van der Waals surface area contributed by atoms with Crippen molar-refractivity contribution in [2.75, 3.05) is 18.8 Å². The minimum absolute atomic E-state index is 0.0449. The topological polar surface area (TPSA) is 84.2 Å². The van der Waals surface area contributed by atoms with E-state index in [1.165, 1.54) is 0 Å². The second-order valence-corrected chi connectivity index (χ2v) is 4.79. The van der Waals surface area contributed by atoms with Crippen molar-refractivity contribution in [3.05, 3.63) is 11.4 Å². The highest BCUT2D eigenvalue weighted by Crippen LogP contribution is 2.19. The van der Waals surface area contributed by atoms with Gasteiger partial charge in [0.15, 0.2) is 5.69 Å². The lowest BCUT2D eigenvalue weighted by Gasteiger charge is -2.34. The monoisotopic (exact) mass is 252 g/mol. The van der Waals surface area contributed by atoms with Gasteiger partial charge in [0.25, 0.3) is 5.91 Å². The number of rotatable bonds is 2. The van der Waals surface area contributed by atoms with Gasteiger partial charge in [-0.15, -0.1) is 0 Å². The van der Waals surface area contributed by atoms with Gasteiger partial charge in [-0.1, -0.05) is 6.92 Å². The van der Waals surface area contributed by atoms with Crippen LogP contribution in [0.1, 0.15) is 37.0 Å². The van der Waals surface area contributed by atoms with Crippen molar-refractivity contribution < 1.29 is 9.53 Å². The van der Waals surface area contributed by atoms with Crippen LogP contribution < -0.4 is 5.73 Å². The molecule has 0 bridgehead atoms. The molecule has 0 spiro atoms. The van der Waals surface area contributed by atoms with Crippen LogP contribution >= 0.6 is 0 Å². The normalized spacial score (nSPS) is 24.3. The number of amides is 1. The molecule has 1 aromatic heterocycles. The second kappa shape index (κ2) is 4.97. The van der Waals surface area contributed by atoms with Gasteiger partial charge in [-0.2, -0.15) is 5.10 Å². The number of ether oxygens (including phenoxy) is 1. The van der Waals surface area contributed by atoms with Gasteiger partial charge in [0.05, 0.1) is 23.6 Å². The van der Waals surface area contributed by atoms with Gasteiger partial charge in [0.2, 0.25) is 0 Å². The highest BCUT2D eigenvalue weighted by atomic mass is 16.5. The van der Waals surface area contributed by atoms with Crippen LogP contribution in [0, 0.1) is 0 Å². The van der Waals surface area contributed by atoms with Gasteiger partial charge in [0, 0.05) is 13.1 Å². The number of nitrogen functional groups attached to an aromatic ring is 1. The molecule has 0 radical (unpaired) electrons. The fourth-order valence-electron chi connectivity index (χ4n) is 2.31. The number of morpholine rings is 1. The van der Waals surface area contributed by atoms with Crippen LogP contribution in [0.4, 0.5) is 5.69 Å². The molecule has 6 heteroatoms. The Balaban J connectivity index is 2.17. The first kappa shape index (κ1) is 12.9. The van der Waals surface area contributed by atoms with E-state index in [1.807, 2.05) is 20.8 Å². The fourth-order valence-corrected chi connectivity index (χ4v) is 2.31. The molecule has 1 aliphatic heterocycles. The Morgan fingerprint density at radius 1 is 1.50 bits per heavy atom. The van der Waals surface area contributed by atoms with E-state index in [0.29, 0.717) is 24.5 Å². The number of aromatic amines is 1. The molecule has 6 nitrogen and oxygen atoms in total. The Kier molecular flexibility index (Phi) is 3.56. The molecule has 1 amide bonds. The van der Waals surface area contributed by atoms with Gasteiger partial charge < -0.3 is 15.4 Å². The summed E-state index contributed by atoms with van der Waals surface area (Å²) in [5, 5.41) is 6.84. The van der Waals surface area contributed by atoms with Crippen LogP contribution in [-0.4, -0.2) is 46.3 Å². The average molecular weight is 252 g/mol. The highest BCUT2D eigenvalue weighted by Gasteiger charge is 2.29. The predicted molar refractivity (Wildman–Crippen MR) is 68.3 cm³/mol. The predicted octanol–water partition coefficient (Wildman–Crippen LogP) is 0.804. The first-order chi connectivity index (χ1) is 8.52. The molecule has 1 fully saturated rings. The summed E-state index contributed by atoms with van der Waals surface area (Å²) in [6, 6.07) is 0. The van der Waals surface area contributed by atoms with Crippen molar-refractivity contribution in [3.63, 3.8) is 0 Å². The summed E-state index contributed by atoms with van der Waals surface area (Å²) in [4.78, 5) is 14.1. The van der Waals surface area contributed by atoms with Gasteiger partial charge in [-0.25, -0.2) is 0 Å². The van der Waals surface area contributed by atoms with Crippen LogP contribution in [0.25, 0.3) is 0 Å². The maximum absolute atomic E-state index is 12.3. The zero-order valence-electron chi connectivity index (χ0n) is 11.1. The molecule has 1 aliphatic rings. The summed E-state index contributed by atoms with van der Waals surface area (Å²) in [5.41, 5.74) is 7.52. The van der Waals surface area contributed by atoms with Crippen LogP contribution in [-0.2, 0) is 11.2 Å². The van der Waals surface area contributed by atoms with Crippen LogP contribution in [0.2, 0.25) is 0 Å². The SMILES string of the molecule is CCc1[nH]nc(C(=O)N2CC(C)OC(C)C2)c1N. The number of hydrogen-bond donors (Lipinski definition) is 2. The highest BCUT2D eigenvalue weighted by molar-refractivity contribution is 5.97. The lowest BCUT2D eigenvalue weighted by molar-refractivity contribution is -0.0587. The summed E-state index contributed by atoms with van der Waals surface area (Å²) >= 11 is 0. The number of nitrogens with zero attached hydrogens (tertiary/aromatic N) is 2. The zero-order chi connectivity index (χ0) is 13.3. The number of carbonyl (C=O) groups is 1. The van der Waals surface area contributed by atoms with Gasteiger partial charge >= 0.3 is 0 Å². The zero-order valence-corrected chi connectivity index (χ0v) is 11.1. The minimum atomic E-state index is -0.120. The number of aryl methyl sites for hydroxylation is 1. The van der Waals surface area contributed by atoms with Crippen molar-refractivity contribution in [2.24, 2.45) is 0 Å². The molecule has 18 heavy (non-hydrogen) atoms. The molecule has 3 N–H and O–H groups in total. The van der Waals surface area contributed by atoms with E-state index in [4.69, 9.17) is 10.5 Å². The summed E-state index contributed by atoms with van der Waals surface area (Å²) in [6.45, 7) is 7.05. The smallest absolute Gasteiger partial charge is 0.276 e. The summed E-state index contributed by atoms with van der Waals surface area (Å²) in [7, 11) is 0. The summed E-state index contributed by atoms with van der Waals surface area (Å²) < 4.78 is 5.61. The van der Waals surface area contributed by atoms with E-state index in [1.54, 1.807) is 4.90 Å². The third-order valence-corrected chi connectivity index (χ3v) is 3.15. The maximum atomic E-state index is 12.3. The molecule has 2 rings (SSSR count). The van der Waals surface area contributed by atoms with Crippen molar-refractivity contribution in [2.45, 2.75) is 39.4 Å². The Labute approximate surface area is 106 Å². The molecular weight excluding hydrogens is 232 g/mol. The molecule has 2 heterocycles. The van der Waals surface area contributed by atoms with E-state index in [9.17, 15) is 4.79 Å². The lowest BCUT2D eigenvalue weighted by Crippen LogP contribution is -2.48. The van der Waals surface area contributed by atoms with Crippen molar-refractivity contribution in [3.8, 4) is 0 Å². The van der Waals surface area contributed by atoms with E-state index in [-0.39, 0.29) is 18.1 Å². The molecule has 100 valence electrons. The number of nitrogens with two attached hydrogens (primary N) is 1. The number of nitrogens with one attached hydrogen (secondary N) is 1. The quantitative estimate of drug-likeness (QED) is 0.815. The largest absolute Gasteiger partial charge is 0.395 e. The van der Waals surface area contributed by atoms with Gasteiger partial charge in [-0.3, -0.25) is 9.89 Å². The summed E-state index contributed by atoms with van der Waals surface area (Å²) in [5.74, 6) is -0.120. The Hall–Kier alpha value is -1.56. The number of carbonyl (C=O) groups excluding carboxylic acids is 1. The number of anilines is 1. The third-order valence-electron chi connectivity index (χ3n) is 3.15. The molecule has 0 aliphatic carbocycles. The first-order valence-electron chi connectivity index (χ1n) is 6.30. The van der Waals surface area contributed by atoms with E-state index >= 15 is 0 Å². The van der Waals surface area contributed by atoms with Crippen LogP contribution in [0.3, 0.4) is 0 Å². The van der Waals surface area contributed by atoms with Crippen molar-refractivity contribution in [1.82, 2.24) is 15.1 Å². The molecule has 1 saturated heterocycles. The Morgan fingerprint density at radius 2 is 2.11 bits per heavy atom. The molecule has 0 saturated carbocycles. The number of hydrogen-bond acceptors (Lipinski definition) is 4. The number of H-pyrrole nitrogens is 1. The lowest BCUT2D eigenvalue weighted by atomic mass is 10.2. The molecule has 0 aromatic carbocycles. The van der Waals surface area contributed by atoms with E-state index in [2.05, 4.69) is 10.2 Å². The molecule has 2 atom stereocenters. The number of aromatic nitrogens is 2. The standard InChI is InChI=1S/C12H20N4O2/c1-4-9-10(13)11(15-14-9)12(17)16-5-7(2)18-8(3)6-16/h7-8H,4-6,13H2,1-3H3,(H,14,15). The minimum Gasteiger partial charge on any atom is -0.395 e. The average Bonchev–Trinajstić information content (AvgIpc) is 2.68. The third kappa shape index (κ3) is 2.33. The first-order valence-corrected chi connectivity index (χ1v) is 6.30. The second-order valence-electron chi connectivity index (χ2n) is 4.79. The summed E-state index contributed by atoms with van der Waals surface area (Å²) in [6.07, 6.45) is 0.828. The molecule has 2 unspecified atom stereocenters. The van der Waals surface area contributed by atoms with Crippen LogP contribution in [0.15, 0.2) is 0 Å². The van der Waals surface area contributed by atoms with Crippen molar-refractivity contribution >= 4 is 11.6 Å². The van der Waals surface area contributed by atoms with Crippen LogP contribution in [0.5, 0.6) is 0 Å². The molecule has 1 aromatic rings.